The van der Waals surface area contributed by atoms with E-state index in [4.69, 9.17) is 11.6 Å². The molecule has 6 nitrogen and oxygen atoms in total. The number of rotatable bonds is 1. The highest BCUT2D eigenvalue weighted by atomic mass is 35.5. The zero-order valence-electron chi connectivity index (χ0n) is 8.68. The third-order valence-electron chi connectivity index (χ3n) is 2.49. The van der Waals surface area contributed by atoms with Gasteiger partial charge >= 0.3 is 11.2 Å². The van der Waals surface area contributed by atoms with Gasteiger partial charge in [0.15, 0.2) is 0 Å². The Labute approximate surface area is 99.8 Å². The van der Waals surface area contributed by atoms with Gasteiger partial charge in [0.25, 0.3) is 0 Å². The van der Waals surface area contributed by atoms with E-state index in [9.17, 15) is 20.0 Å². The number of nitro groups is 1. The number of nitrogens with zero attached hydrogens (tertiary/aromatic N) is 2. The minimum absolute atomic E-state index is 0.211. The lowest BCUT2D eigenvalue weighted by Crippen LogP contribution is -2.20. The Hall–Kier alpha value is -2.08. The Balaban J connectivity index is 3.05. The quantitative estimate of drug-likeness (QED) is 0.621. The van der Waals surface area contributed by atoms with Crippen LogP contribution in [0.15, 0.2) is 23.0 Å². The molecule has 0 bridgehead atoms. The minimum Gasteiger partial charge on any atom is -0.501 e. The predicted octanol–water partition coefficient (Wildman–Crippen LogP) is 1.81. The molecule has 1 aromatic heterocycles. The zero-order valence-corrected chi connectivity index (χ0v) is 9.43. The number of benzene rings is 1. The molecule has 7 heteroatoms. The molecule has 2 rings (SSSR count). The first-order valence-corrected chi connectivity index (χ1v) is 4.97. The molecular weight excluding hydrogens is 248 g/mol. The predicted molar refractivity (Wildman–Crippen MR) is 62.5 cm³/mol. The van der Waals surface area contributed by atoms with Gasteiger partial charge < -0.3 is 9.67 Å². The summed E-state index contributed by atoms with van der Waals surface area (Å²) in [5.74, 6) is -0.634. The summed E-state index contributed by atoms with van der Waals surface area (Å²) in [6.45, 7) is 0. The topological polar surface area (TPSA) is 85.4 Å². The molecule has 88 valence electrons. The van der Waals surface area contributed by atoms with E-state index in [1.165, 1.54) is 25.2 Å². The monoisotopic (exact) mass is 254 g/mol. The zero-order chi connectivity index (χ0) is 12.7. The van der Waals surface area contributed by atoms with Crippen molar-refractivity contribution in [3.05, 3.63) is 43.7 Å². The number of fused-ring (bicyclic) bond motifs is 1. The number of aromatic nitrogens is 1. The minimum atomic E-state index is -0.897. The first-order valence-electron chi connectivity index (χ1n) is 4.59. The van der Waals surface area contributed by atoms with Crippen molar-refractivity contribution in [3.63, 3.8) is 0 Å². The molecule has 1 aromatic carbocycles. The van der Waals surface area contributed by atoms with E-state index in [0.717, 1.165) is 4.57 Å². The molecule has 0 radical (unpaired) electrons. The van der Waals surface area contributed by atoms with Gasteiger partial charge in [0.1, 0.15) is 0 Å². The molecule has 0 spiro atoms. The van der Waals surface area contributed by atoms with Gasteiger partial charge in [-0.3, -0.25) is 14.9 Å². The van der Waals surface area contributed by atoms with Gasteiger partial charge in [-0.05, 0) is 18.2 Å². The number of aromatic hydroxyl groups is 1. The molecule has 1 heterocycles. The van der Waals surface area contributed by atoms with Gasteiger partial charge in [0.2, 0.25) is 5.75 Å². The maximum atomic E-state index is 11.7. The average Bonchev–Trinajstić information content (AvgIpc) is 2.25. The summed E-state index contributed by atoms with van der Waals surface area (Å²) in [5, 5.41) is 21.0. The number of hydrogen-bond donors (Lipinski definition) is 1. The third-order valence-corrected chi connectivity index (χ3v) is 2.73. The van der Waals surface area contributed by atoms with Crippen LogP contribution in [0.3, 0.4) is 0 Å². The van der Waals surface area contributed by atoms with Gasteiger partial charge in [-0.1, -0.05) is 11.6 Å². The standard InChI is InChI=1S/C10H7ClN2O4/c1-12-7-4-5(11)2-3-6(7)9(14)8(10(12)15)13(16)17/h2-4,14H,1H3. The van der Waals surface area contributed by atoms with Crippen LogP contribution in [0.25, 0.3) is 10.9 Å². The van der Waals surface area contributed by atoms with E-state index < -0.39 is 21.9 Å². The van der Waals surface area contributed by atoms with Crippen molar-refractivity contribution in [2.45, 2.75) is 0 Å². The molecule has 17 heavy (non-hydrogen) atoms. The molecule has 2 aromatic rings. The lowest BCUT2D eigenvalue weighted by atomic mass is 10.2. The van der Waals surface area contributed by atoms with Crippen LogP contribution in [0.1, 0.15) is 0 Å². The summed E-state index contributed by atoms with van der Waals surface area (Å²) in [5.41, 5.74) is -1.37. The largest absolute Gasteiger partial charge is 0.501 e. The van der Waals surface area contributed by atoms with E-state index in [-0.39, 0.29) is 5.39 Å². The van der Waals surface area contributed by atoms with Crippen LogP contribution < -0.4 is 5.56 Å². The van der Waals surface area contributed by atoms with Crippen molar-refractivity contribution in [3.8, 4) is 5.75 Å². The molecule has 0 atom stereocenters. The van der Waals surface area contributed by atoms with Crippen molar-refractivity contribution in [2.24, 2.45) is 7.05 Å². The van der Waals surface area contributed by atoms with Gasteiger partial charge in [-0.2, -0.15) is 0 Å². The van der Waals surface area contributed by atoms with Crippen molar-refractivity contribution >= 4 is 28.2 Å². The second-order valence-corrected chi connectivity index (χ2v) is 3.92. The van der Waals surface area contributed by atoms with E-state index in [0.29, 0.717) is 10.5 Å². The fraction of sp³-hybridized carbons (Fsp3) is 0.100. The van der Waals surface area contributed by atoms with Crippen LogP contribution in [0, 0.1) is 10.1 Å². The SMILES string of the molecule is Cn1c(=O)c([N+](=O)[O-])c(O)c2ccc(Cl)cc21. The van der Waals surface area contributed by atoms with Gasteiger partial charge in [0, 0.05) is 17.5 Å². The van der Waals surface area contributed by atoms with Crippen molar-refractivity contribution in [1.82, 2.24) is 4.57 Å². The molecular formula is C10H7ClN2O4. The summed E-state index contributed by atoms with van der Waals surface area (Å²) >= 11 is 5.77. The van der Waals surface area contributed by atoms with Crippen LogP contribution in [-0.2, 0) is 7.05 Å². The Morgan fingerprint density at radius 2 is 2.12 bits per heavy atom. The number of hydrogen-bond acceptors (Lipinski definition) is 4. The Kier molecular flexibility index (Phi) is 2.51. The normalized spacial score (nSPS) is 10.7. The smallest absolute Gasteiger partial charge is 0.375 e. The van der Waals surface area contributed by atoms with Crippen molar-refractivity contribution in [2.75, 3.05) is 0 Å². The summed E-state index contributed by atoms with van der Waals surface area (Å²) in [4.78, 5) is 21.5. The average molecular weight is 255 g/mol. The maximum Gasteiger partial charge on any atom is 0.375 e. The maximum absolute atomic E-state index is 11.7. The first-order chi connectivity index (χ1) is 7.93. The van der Waals surface area contributed by atoms with Gasteiger partial charge in [-0.15, -0.1) is 0 Å². The number of aryl methyl sites for hydroxylation is 1. The summed E-state index contributed by atoms with van der Waals surface area (Å²) < 4.78 is 1.08. The molecule has 0 amide bonds. The molecule has 0 aliphatic carbocycles. The fourth-order valence-corrected chi connectivity index (χ4v) is 1.81. The highest BCUT2D eigenvalue weighted by Gasteiger charge is 2.24. The number of halogens is 1. The molecule has 0 aliphatic rings. The molecule has 0 aliphatic heterocycles. The fourth-order valence-electron chi connectivity index (χ4n) is 1.64. The van der Waals surface area contributed by atoms with Crippen molar-refractivity contribution < 1.29 is 10.0 Å². The van der Waals surface area contributed by atoms with E-state index >= 15 is 0 Å². The van der Waals surface area contributed by atoms with Crippen LogP contribution in [0.2, 0.25) is 5.02 Å². The molecule has 0 saturated carbocycles. The number of pyridine rings is 1. The summed E-state index contributed by atoms with van der Waals surface area (Å²) in [6.07, 6.45) is 0. The Morgan fingerprint density at radius 1 is 1.47 bits per heavy atom. The first kappa shape index (κ1) is 11.4. The second-order valence-electron chi connectivity index (χ2n) is 3.48. The van der Waals surface area contributed by atoms with Crippen LogP contribution in [0.5, 0.6) is 5.75 Å². The highest BCUT2D eigenvalue weighted by Crippen LogP contribution is 2.31. The highest BCUT2D eigenvalue weighted by molar-refractivity contribution is 6.31. The second kappa shape index (κ2) is 3.74. The van der Waals surface area contributed by atoms with Crippen molar-refractivity contribution in [1.29, 1.82) is 0 Å². The van der Waals surface area contributed by atoms with Gasteiger partial charge in [-0.25, -0.2) is 0 Å². The Morgan fingerprint density at radius 3 is 2.71 bits per heavy atom. The van der Waals surface area contributed by atoms with Crippen LogP contribution in [-0.4, -0.2) is 14.6 Å². The molecule has 0 saturated heterocycles. The van der Waals surface area contributed by atoms with Gasteiger partial charge in [0.05, 0.1) is 10.4 Å². The van der Waals surface area contributed by atoms with E-state index in [1.807, 2.05) is 0 Å². The summed E-state index contributed by atoms with van der Waals surface area (Å²) in [6, 6.07) is 4.37. The lowest BCUT2D eigenvalue weighted by molar-refractivity contribution is -0.387. The molecule has 1 N–H and O–H groups in total. The summed E-state index contributed by atoms with van der Waals surface area (Å²) in [7, 11) is 1.38. The lowest BCUT2D eigenvalue weighted by Gasteiger charge is -2.07. The Bertz CT molecular complexity index is 693. The third kappa shape index (κ3) is 1.62. The molecule has 0 unspecified atom stereocenters. The van der Waals surface area contributed by atoms with E-state index in [2.05, 4.69) is 0 Å². The van der Waals surface area contributed by atoms with Crippen LogP contribution >= 0.6 is 11.6 Å². The molecule has 0 fully saturated rings. The van der Waals surface area contributed by atoms with E-state index in [1.54, 1.807) is 0 Å². The van der Waals surface area contributed by atoms with Crippen LogP contribution in [0.4, 0.5) is 5.69 Å².